The Labute approximate surface area is 156 Å². The van der Waals surface area contributed by atoms with Crippen molar-refractivity contribution < 1.29 is 9.59 Å². The molecule has 1 saturated carbocycles. The van der Waals surface area contributed by atoms with Gasteiger partial charge in [-0.3, -0.25) is 9.59 Å². The third-order valence-electron chi connectivity index (χ3n) is 5.80. The van der Waals surface area contributed by atoms with Gasteiger partial charge in [0.25, 0.3) is 0 Å². The van der Waals surface area contributed by atoms with Gasteiger partial charge >= 0.3 is 0 Å². The van der Waals surface area contributed by atoms with Crippen LogP contribution in [0.1, 0.15) is 64.2 Å². The molecule has 2 aliphatic heterocycles. The van der Waals surface area contributed by atoms with Gasteiger partial charge in [-0.15, -0.1) is 16.9 Å². The molecule has 1 aromatic rings. The van der Waals surface area contributed by atoms with Crippen LogP contribution in [0.25, 0.3) is 0 Å². The number of nitrogens with zero attached hydrogens (tertiary/aromatic N) is 4. The quantitative estimate of drug-likeness (QED) is 0.514. The minimum Gasteiger partial charge on any atom is -0.340 e. The summed E-state index contributed by atoms with van der Waals surface area (Å²) >= 11 is 1.66. The highest BCUT2D eigenvalue weighted by Gasteiger charge is 2.63. The van der Waals surface area contributed by atoms with Crippen LogP contribution in [-0.4, -0.2) is 59.0 Å². The standard InChI is InChI=1S/C16H25N7O2S/c1-15(2)10(11-19-21-22-20-11)23-12(24)9(13(23)26-15)18-14(25)16(17)7-5-3-4-6-8-16/h9-10,13H,3-8,17H2,1-2H3,(H,18,25)(H,19,20,21,22)/t9?,10?,13-/m1/s1. The van der Waals surface area contributed by atoms with E-state index in [9.17, 15) is 9.59 Å². The molecule has 2 saturated heterocycles. The van der Waals surface area contributed by atoms with E-state index >= 15 is 0 Å². The van der Waals surface area contributed by atoms with Crippen LogP contribution < -0.4 is 11.1 Å². The average Bonchev–Trinajstić information content (AvgIpc) is 3.12. The predicted octanol–water partition coefficient (Wildman–Crippen LogP) is 0.471. The zero-order chi connectivity index (χ0) is 18.5. The minimum absolute atomic E-state index is 0.0972. The van der Waals surface area contributed by atoms with Gasteiger partial charge in [0.1, 0.15) is 17.5 Å². The molecule has 2 unspecified atom stereocenters. The first-order chi connectivity index (χ1) is 12.3. The van der Waals surface area contributed by atoms with Crippen molar-refractivity contribution in [1.82, 2.24) is 30.8 Å². The number of thioether (sulfide) groups is 1. The lowest BCUT2D eigenvalue weighted by Gasteiger charge is -2.45. The molecule has 26 heavy (non-hydrogen) atoms. The topological polar surface area (TPSA) is 130 Å². The number of hydrogen-bond acceptors (Lipinski definition) is 7. The number of tetrazole rings is 1. The molecule has 142 valence electrons. The summed E-state index contributed by atoms with van der Waals surface area (Å²) in [6.45, 7) is 4.12. The minimum atomic E-state index is -0.857. The van der Waals surface area contributed by atoms with Gasteiger partial charge in [-0.05, 0) is 37.1 Å². The molecule has 3 atom stereocenters. The Kier molecular flexibility index (Phi) is 4.22. The Morgan fingerprint density at radius 1 is 1.31 bits per heavy atom. The van der Waals surface area contributed by atoms with E-state index in [1.807, 2.05) is 0 Å². The molecule has 0 radical (unpaired) electrons. The number of nitrogens with one attached hydrogen (secondary N) is 2. The second-order valence-electron chi connectivity index (χ2n) is 8.07. The number of hydrogen-bond donors (Lipinski definition) is 3. The molecule has 1 aliphatic carbocycles. The summed E-state index contributed by atoms with van der Waals surface area (Å²) in [6, 6.07) is -0.769. The second kappa shape index (κ2) is 6.19. The maximum atomic E-state index is 12.8. The normalized spacial score (nSPS) is 32.5. The van der Waals surface area contributed by atoms with Crippen LogP contribution in [-0.2, 0) is 9.59 Å². The van der Waals surface area contributed by atoms with Crippen molar-refractivity contribution in [2.24, 2.45) is 5.73 Å². The molecular weight excluding hydrogens is 354 g/mol. The van der Waals surface area contributed by atoms with E-state index in [1.54, 1.807) is 16.7 Å². The van der Waals surface area contributed by atoms with E-state index in [0.717, 1.165) is 25.7 Å². The fraction of sp³-hybridized carbons (Fsp3) is 0.812. The van der Waals surface area contributed by atoms with E-state index in [4.69, 9.17) is 5.73 Å². The molecule has 2 amide bonds. The van der Waals surface area contributed by atoms with Crippen molar-refractivity contribution in [2.75, 3.05) is 0 Å². The van der Waals surface area contributed by atoms with Crippen LogP contribution in [0, 0.1) is 0 Å². The Hall–Kier alpha value is -1.68. The van der Waals surface area contributed by atoms with E-state index in [1.165, 1.54) is 0 Å². The highest BCUT2D eigenvalue weighted by atomic mass is 32.2. The number of aromatic amines is 1. The van der Waals surface area contributed by atoms with Gasteiger partial charge in [0.05, 0.1) is 5.54 Å². The van der Waals surface area contributed by atoms with E-state index in [2.05, 4.69) is 39.8 Å². The van der Waals surface area contributed by atoms with Crippen LogP contribution in [0.2, 0.25) is 0 Å². The highest BCUT2D eigenvalue weighted by molar-refractivity contribution is 8.01. The molecule has 9 nitrogen and oxygen atoms in total. The van der Waals surface area contributed by atoms with Crippen molar-refractivity contribution in [2.45, 2.75) is 80.1 Å². The number of rotatable bonds is 3. The summed E-state index contributed by atoms with van der Waals surface area (Å²) in [4.78, 5) is 27.4. The molecule has 3 fully saturated rings. The molecular formula is C16H25N7O2S. The Bertz CT molecular complexity index is 699. The second-order valence-corrected chi connectivity index (χ2v) is 9.84. The number of aromatic nitrogens is 4. The van der Waals surface area contributed by atoms with Crippen LogP contribution >= 0.6 is 11.8 Å². The van der Waals surface area contributed by atoms with Crippen LogP contribution in [0.5, 0.6) is 0 Å². The van der Waals surface area contributed by atoms with E-state index in [-0.39, 0.29) is 28.0 Å². The summed E-state index contributed by atoms with van der Waals surface area (Å²) in [6.07, 6.45) is 5.50. The molecule has 0 spiro atoms. The van der Waals surface area contributed by atoms with Gasteiger partial charge in [0, 0.05) is 4.75 Å². The van der Waals surface area contributed by atoms with Crippen molar-refractivity contribution in [3.8, 4) is 0 Å². The Morgan fingerprint density at radius 3 is 2.62 bits per heavy atom. The number of carbonyl (C=O) groups is 2. The number of carbonyl (C=O) groups excluding carboxylic acids is 2. The molecule has 4 rings (SSSR count). The van der Waals surface area contributed by atoms with Crippen LogP contribution in [0.3, 0.4) is 0 Å². The van der Waals surface area contributed by atoms with Crippen LogP contribution in [0.15, 0.2) is 0 Å². The zero-order valence-corrected chi connectivity index (χ0v) is 15.9. The number of nitrogens with two attached hydrogens (primary N) is 1. The highest BCUT2D eigenvalue weighted by Crippen LogP contribution is 2.56. The fourth-order valence-corrected chi connectivity index (χ4v) is 5.98. The van der Waals surface area contributed by atoms with Gasteiger partial charge in [-0.25, -0.2) is 5.10 Å². The lowest BCUT2D eigenvalue weighted by molar-refractivity contribution is -0.152. The molecule has 3 aliphatic rings. The Balaban J connectivity index is 1.49. The zero-order valence-electron chi connectivity index (χ0n) is 15.1. The number of H-pyrrole nitrogens is 1. The third-order valence-corrected chi connectivity index (χ3v) is 7.37. The maximum Gasteiger partial charge on any atom is 0.249 e. The first-order valence-electron chi connectivity index (χ1n) is 9.17. The van der Waals surface area contributed by atoms with Crippen molar-refractivity contribution >= 4 is 23.6 Å². The number of β-lactam (4-membered cyclic amide) rings is 1. The van der Waals surface area contributed by atoms with E-state index in [0.29, 0.717) is 18.7 Å². The molecule has 0 aromatic carbocycles. The lowest BCUT2D eigenvalue weighted by Crippen LogP contribution is -2.70. The summed E-state index contributed by atoms with van der Waals surface area (Å²) in [7, 11) is 0. The Morgan fingerprint density at radius 2 is 2.00 bits per heavy atom. The summed E-state index contributed by atoms with van der Waals surface area (Å²) in [5, 5.41) is 16.9. The molecule has 0 bridgehead atoms. The summed E-state index contributed by atoms with van der Waals surface area (Å²) in [5.74, 6) is 0.280. The summed E-state index contributed by atoms with van der Waals surface area (Å²) < 4.78 is -0.260. The van der Waals surface area contributed by atoms with Gasteiger partial charge in [-0.2, -0.15) is 0 Å². The maximum absolute atomic E-state index is 12.8. The smallest absolute Gasteiger partial charge is 0.249 e. The largest absolute Gasteiger partial charge is 0.340 e. The van der Waals surface area contributed by atoms with Gasteiger partial charge in [0.2, 0.25) is 11.8 Å². The van der Waals surface area contributed by atoms with E-state index < -0.39 is 11.6 Å². The number of fused-ring (bicyclic) bond motifs is 1. The van der Waals surface area contributed by atoms with Crippen molar-refractivity contribution in [1.29, 1.82) is 0 Å². The monoisotopic (exact) mass is 379 g/mol. The SMILES string of the molecule is CC1(C)S[C@@H]2C(NC(=O)C3(N)CCCCCC3)C(=O)N2C1c1nnn[nH]1. The molecule has 10 heteroatoms. The van der Waals surface area contributed by atoms with Gasteiger partial charge < -0.3 is 16.0 Å². The van der Waals surface area contributed by atoms with Crippen molar-refractivity contribution in [3.05, 3.63) is 5.82 Å². The molecule has 3 heterocycles. The summed E-state index contributed by atoms with van der Waals surface area (Å²) in [5.41, 5.74) is 5.54. The van der Waals surface area contributed by atoms with Gasteiger partial charge in [0.15, 0.2) is 5.82 Å². The van der Waals surface area contributed by atoms with Gasteiger partial charge in [-0.1, -0.05) is 25.7 Å². The molecule has 1 aromatic heterocycles. The van der Waals surface area contributed by atoms with Crippen LogP contribution in [0.4, 0.5) is 0 Å². The number of amides is 2. The first-order valence-corrected chi connectivity index (χ1v) is 10.0. The molecule has 4 N–H and O–H groups in total. The lowest BCUT2D eigenvalue weighted by atomic mass is 9.89. The third kappa shape index (κ3) is 2.70. The first kappa shape index (κ1) is 17.7. The fourth-order valence-electron chi connectivity index (χ4n) is 4.34. The van der Waals surface area contributed by atoms with Crippen molar-refractivity contribution in [3.63, 3.8) is 0 Å². The average molecular weight is 379 g/mol. The predicted molar refractivity (Wildman–Crippen MR) is 95.8 cm³/mol.